The van der Waals surface area contributed by atoms with Gasteiger partial charge >= 0.3 is 0 Å². The third-order valence-electron chi connectivity index (χ3n) is 7.70. The molecule has 0 saturated carbocycles. The van der Waals surface area contributed by atoms with Crippen molar-refractivity contribution in [3.63, 3.8) is 0 Å². The van der Waals surface area contributed by atoms with Gasteiger partial charge in [-0.15, -0.1) is 0 Å². The van der Waals surface area contributed by atoms with Gasteiger partial charge in [-0.05, 0) is 55.5 Å². The molecule has 2 aliphatic heterocycles. The van der Waals surface area contributed by atoms with E-state index in [0.29, 0.717) is 24.4 Å². The molecule has 188 valence electrons. The minimum absolute atomic E-state index is 0.0335. The average Bonchev–Trinajstić information content (AvgIpc) is 3.58. The highest BCUT2D eigenvalue weighted by Crippen LogP contribution is 2.35. The van der Waals surface area contributed by atoms with Crippen LogP contribution in [0.1, 0.15) is 53.3 Å². The van der Waals surface area contributed by atoms with Crippen LogP contribution in [0.25, 0.3) is 16.4 Å². The number of fused-ring (bicyclic) bond motifs is 2. The topological polar surface area (TPSA) is 86.8 Å². The van der Waals surface area contributed by atoms with Crippen LogP contribution in [0.3, 0.4) is 0 Å². The zero-order valence-electron chi connectivity index (χ0n) is 21.2. The van der Waals surface area contributed by atoms with Crippen LogP contribution < -0.4 is 9.64 Å². The lowest BCUT2D eigenvalue weighted by atomic mass is 9.97. The Hall–Kier alpha value is -4.12. The molecule has 6 rings (SSSR count). The average molecular weight is 495 g/mol. The van der Waals surface area contributed by atoms with Gasteiger partial charge in [-0.25, -0.2) is 9.50 Å². The molecular weight excluding hydrogens is 464 g/mol. The van der Waals surface area contributed by atoms with Crippen LogP contribution in [0.4, 0.5) is 5.82 Å². The van der Waals surface area contributed by atoms with Crippen molar-refractivity contribution < 1.29 is 9.53 Å². The molecule has 2 aromatic carbocycles. The normalized spacial score (nSPS) is 19.9. The number of methoxy groups -OCH3 is 1. The van der Waals surface area contributed by atoms with Crippen molar-refractivity contribution in [2.24, 2.45) is 5.92 Å². The fraction of sp³-hybridized carbons (Fsp3) is 0.379. The van der Waals surface area contributed by atoms with E-state index in [2.05, 4.69) is 11.0 Å². The highest BCUT2D eigenvalue weighted by atomic mass is 16.5. The first-order chi connectivity index (χ1) is 18.1. The fourth-order valence-corrected chi connectivity index (χ4v) is 5.75. The largest absolute Gasteiger partial charge is 0.496 e. The molecule has 2 aromatic heterocycles. The van der Waals surface area contributed by atoms with E-state index in [1.807, 2.05) is 65.0 Å². The Balaban J connectivity index is 1.34. The molecule has 0 unspecified atom stereocenters. The number of hydrogen-bond acceptors (Lipinski definition) is 6. The first kappa shape index (κ1) is 23.3. The molecule has 0 aliphatic carbocycles. The molecule has 0 spiro atoms. The molecule has 2 aliphatic rings. The van der Waals surface area contributed by atoms with Gasteiger partial charge in [-0.2, -0.15) is 10.4 Å². The Kier molecular flexibility index (Phi) is 5.91. The molecule has 8 heteroatoms. The second-order valence-electron chi connectivity index (χ2n) is 10.1. The van der Waals surface area contributed by atoms with Gasteiger partial charge in [0.05, 0.1) is 36.4 Å². The summed E-state index contributed by atoms with van der Waals surface area (Å²) in [5.74, 6) is 1.51. The Bertz CT molecular complexity index is 1540. The summed E-state index contributed by atoms with van der Waals surface area (Å²) in [5, 5.41) is 16.2. The third-order valence-corrected chi connectivity index (χ3v) is 7.70. The quantitative estimate of drug-likeness (QED) is 0.400. The number of piperidine rings is 1. The maximum Gasteiger partial charge on any atom is 0.258 e. The highest BCUT2D eigenvalue weighted by molar-refractivity contribution is 6.02. The summed E-state index contributed by atoms with van der Waals surface area (Å²) in [4.78, 5) is 23.0. The van der Waals surface area contributed by atoms with Crippen molar-refractivity contribution in [2.75, 3.05) is 31.6 Å². The van der Waals surface area contributed by atoms with Crippen LogP contribution in [0, 0.1) is 24.2 Å². The first-order valence-electron chi connectivity index (χ1n) is 12.9. The molecule has 4 heterocycles. The maximum absolute atomic E-state index is 13.9. The second kappa shape index (κ2) is 9.40. The summed E-state index contributed by atoms with van der Waals surface area (Å²) < 4.78 is 7.46. The number of likely N-dealkylation sites (tertiary alicyclic amines) is 1. The predicted octanol–water partition coefficient (Wildman–Crippen LogP) is 4.92. The van der Waals surface area contributed by atoms with E-state index in [1.54, 1.807) is 7.11 Å². The number of anilines is 1. The molecule has 0 N–H and O–H groups in total. The van der Waals surface area contributed by atoms with Crippen LogP contribution in [0.15, 0.2) is 48.7 Å². The lowest BCUT2D eigenvalue weighted by molar-refractivity contribution is 0.0602. The fourth-order valence-electron chi connectivity index (χ4n) is 5.75. The molecule has 8 nitrogen and oxygen atoms in total. The van der Waals surface area contributed by atoms with Gasteiger partial charge in [0, 0.05) is 37.5 Å². The lowest BCUT2D eigenvalue weighted by Crippen LogP contribution is -2.38. The molecule has 2 atom stereocenters. The van der Waals surface area contributed by atoms with E-state index in [4.69, 9.17) is 14.8 Å². The number of amides is 1. The molecule has 2 saturated heterocycles. The van der Waals surface area contributed by atoms with Gasteiger partial charge in [0.1, 0.15) is 11.6 Å². The van der Waals surface area contributed by atoms with Crippen LogP contribution in [-0.2, 0) is 0 Å². The molecule has 2 fully saturated rings. The van der Waals surface area contributed by atoms with E-state index >= 15 is 0 Å². The van der Waals surface area contributed by atoms with Crippen molar-refractivity contribution in [2.45, 2.75) is 38.6 Å². The third kappa shape index (κ3) is 4.14. The number of nitrogens with zero attached hydrogens (tertiary/aromatic N) is 6. The summed E-state index contributed by atoms with van der Waals surface area (Å²) in [6.07, 6.45) is 5.72. The molecule has 0 bridgehead atoms. The number of carbonyl (C=O) groups excluding carboxylic acids is 1. The SMILES string of the molecule is COc1cc2ccccc2cc1C(=O)N1CCCC[C@H]1c1cc2nc(N3CC[C@H](C#N)C3)c(C)cn2n1. The van der Waals surface area contributed by atoms with Gasteiger partial charge in [0.25, 0.3) is 5.91 Å². The number of aryl methyl sites for hydroxylation is 1. The van der Waals surface area contributed by atoms with Gasteiger partial charge < -0.3 is 14.5 Å². The smallest absolute Gasteiger partial charge is 0.258 e. The Morgan fingerprint density at radius 2 is 1.92 bits per heavy atom. The van der Waals surface area contributed by atoms with Crippen LogP contribution in [0.5, 0.6) is 5.75 Å². The van der Waals surface area contributed by atoms with E-state index in [0.717, 1.165) is 65.7 Å². The number of hydrogen-bond donors (Lipinski definition) is 0. The van der Waals surface area contributed by atoms with Gasteiger partial charge in [0.15, 0.2) is 5.65 Å². The van der Waals surface area contributed by atoms with E-state index < -0.39 is 0 Å². The summed E-state index contributed by atoms with van der Waals surface area (Å²) >= 11 is 0. The minimum atomic E-state index is -0.127. The van der Waals surface area contributed by atoms with E-state index in [1.165, 1.54) is 0 Å². The number of rotatable bonds is 4. The summed E-state index contributed by atoms with van der Waals surface area (Å²) in [6, 6.07) is 16.2. The number of nitriles is 1. The second-order valence-corrected chi connectivity index (χ2v) is 10.1. The van der Waals surface area contributed by atoms with Gasteiger partial charge in [0.2, 0.25) is 0 Å². The van der Waals surface area contributed by atoms with Crippen LogP contribution >= 0.6 is 0 Å². The number of benzene rings is 2. The number of carbonyl (C=O) groups is 1. The van der Waals surface area contributed by atoms with Crippen molar-refractivity contribution in [3.05, 3.63) is 65.5 Å². The van der Waals surface area contributed by atoms with Gasteiger partial charge in [-0.3, -0.25) is 4.79 Å². The summed E-state index contributed by atoms with van der Waals surface area (Å²) in [7, 11) is 1.61. The van der Waals surface area contributed by atoms with Gasteiger partial charge in [-0.1, -0.05) is 24.3 Å². The highest BCUT2D eigenvalue weighted by Gasteiger charge is 2.32. The summed E-state index contributed by atoms with van der Waals surface area (Å²) in [5.41, 5.74) is 3.22. The maximum atomic E-state index is 13.9. The lowest BCUT2D eigenvalue weighted by Gasteiger charge is -2.35. The molecule has 1 amide bonds. The van der Waals surface area contributed by atoms with Crippen molar-refractivity contribution >= 4 is 28.1 Å². The van der Waals surface area contributed by atoms with Crippen molar-refractivity contribution in [1.29, 1.82) is 5.26 Å². The standard InChI is InChI=1S/C29H30N6O2/c1-19-17-35-27(31-28(19)33-12-10-20(16-30)18-33)15-24(32-35)25-9-5-6-11-34(25)29(36)23-13-21-7-3-4-8-22(21)14-26(23)37-2/h3-4,7-8,13-15,17,20,25H,5-6,9-12,18H2,1-2H3/t20-,25+/m1/s1. The minimum Gasteiger partial charge on any atom is -0.496 e. The predicted molar refractivity (Wildman–Crippen MR) is 142 cm³/mol. The van der Waals surface area contributed by atoms with Crippen LogP contribution in [-0.4, -0.2) is 52.1 Å². The van der Waals surface area contributed by atoms with E-state index in [9.17, 15) is 10.1 Å². The Labute approximate surface area is 216 Å². The number of aromatic nitrogens is 3. The Morgan fingerprint density at radius 3 is 2.68 bits per heavy atom. The molecule has 37 heavy (non-hydrogen) atoms. The zero-order valence-corrected chi connectivity index (χ0v) is 21.2. The van der Waals surface area contributed by atoms with E-state index in [-0.39, 0.29) is 17.9 Å². The molecule has 4 aromatic rings. The van der Waals surface area contributed by atoms with Crippen molar-refractivity contribution in [3.8, 4) is 11.8 Å². The molecule has 0 radical (unpaired) electrons. The Morgan fingerprint density at radius 1 is 1.11 bits per heavy atom. The van der Waals surface area contributed by atoms with Crippen LogP contribution in [0.2, 0.25) is 0 Å². The monoisotopic (exact) mass is 494 g/mol. The first-order valence-corrected chi connectivity index (χ1v) is 12.9. The number of ether oxygens (including phenoxy) is 1. The van der Waals surface area contributed by atoms with Crippen molar-refractivity contribution in [1.82, 2.24) is 19.5 Å². The summed E-state index contributed by atoms with van der Waals surface area (Å²) in [6.45, 7) is 4.25. The molecular formula is C29H30N6O2. The zero-order chi connectivity index (χ0) is 25.5.